The molecule has 0 aromatic carbocycles. The molecule has 5 heteroatoms. The van der Waals surface area contributed by atoms with Crippen LogP contribution in [0.15, 0.2) is 18.3 Å². The molecule has 108 valence electrons. The number of anilines is 1. The first-order valence-corrected chi connectivity index (χ1v) is 7.31. The molecule has 0 unspecified atom stereocenters. The molecule has 5 nitrogen and oxygen atoms in total. The van der Waals surface area contributed by atoms with E-state index in [-0.39, 0.29) is 5.91 Å². The summed E-state index contributed by atoms with van der Waals surface area (Å²) in [6.07, 6.45) is 4.27. The maximum Gasteiger partial charge on any atom is 0.254 e. The van der Waals surface area contributed by atoms with Gasteiger partial charge in [-0.1, -0.05) is 0 Å². The van der Waals surface area contributed by atoms with E-state index in [9.17, 15) is 4.79 Å². The molecule has 0 aliphatic carbocycles. The number of rotatable bonds is 2. The van der Waals surface area contributed by atoms with Gasteiger partial charge in [-0.15, -0.1) is 0 Å². The Hall–Kier alpha value is -1.62. The first-order chi connectivity index (χ1) is 9.65. The van der Waals surface area contributed by atoms with Crippen molar-refractivity contribution in [3.8, 4) is 0 Å². The van der Waals surface area contributed by atoms with Gasteiger partial charge < -0.3 is 15.1 Å². The van der Waals surface area contributed by atoms with Crippen molar-refractivity contribution in [2.75, 3.05) is 38.6 Å². The van der Waals surface area contributed by atoms with Crippen molar-refractivity contribution in [1.29, 1.82) is 0 Å². The average molecular weight is 274 g/mol. The molecule has 1 N–H and O–H groups in total. The van der Waals surface area contributed by atoms with Crippen molar-refractivity contribution in [1.82, 2.24) is 15.2 Å². The van der Waals surface area contributed by atoms with Crippen LogP contribution in [0.4, 0.5) is 5.82 Å². The summed E-state index contributed by atoms with van der Waals surface area (Å²) >= 11 is 0. The smallest absolute Gasteiger partial charge is 0.254 e. The third kappa shape index (κ3) is 2.50. The van der Waals surface area contributed by atoms with Crippen molar-refractivity contribution >= 4 is 11.7 Å². The summed E-state index contributed by atoms with van der Waals surface area (Å²) in [7, 11) is 3.51. The molecule has 2 aliphatic heterocycles. The predicted octanol–water partition coefficient (Wildman–Crippen LogP) is 0.972. The summed E-state index contributed by atoms with van der Waals surface area (Å²) < 4.78 is 0. The van der Waals surface area contributed by atoms with Gasteiger partial charge in [0.25, 0.3) is 5.91 Å². The maximum absolute atomic E-state index is 11.8. The van der Waals surface area contributed by atoms with Crippen LogP contribution in [0.1, 0.15) is 23.2 Å². The number of piperidine rings is 1. The van der Waals surface area contributed by atoms with Gasteiger partial charge >= 0.3 is 0 Å². The molecule has 2 saturated heterocycles. The molecule has 3 heterocycles. The molecule has 2 fully saturated rings. The maximum atomic E-state index is 11.8. The molecule has 1 aromatic rings. The largest absolute Gasteiger partial charge is 0.355 e. The van der Waals surface area contributed by atoms with Gasteiger partial charge in [-0.2, -0.15) is 0 Å². The van der Waals surface area contributed by atoms with Gasteiger partial charge in [0.15, 0.2) is 0 Å². The van der Waals surface area contributed by atoms with Gasteiger partial charge in [-0.3, -0.25) is 4.79 Å². The Morgan fingerprint density at radius 3 is 2.90 bits per heavy atom. The number of nitrogens with one attached hydrogen (secondary N) is 1. The molecular weight excluding hydrogens is 252 g/mol. The Morgan fingerprint density at radius 1 is 1.40 bits per heavy atom. The highest BCUT2D eigenvalue weighted by atomic mass is 16.2. The highest BCUT2D eigenvalue weighted by Crippen LogP contribution is 2.28. The van der Waals surface area contributed by atoms with Crippen LogP contribution in [-0.4, -0.2) is 55.6 Å². The van der Waals surface area contributed by atoms with E-state index in [1.54, 1.807) is 25.2 Å². The molecule has 0 bridgehead atoms. The van der Waals surface area contributed by atoms with E-state index in [0.29, 0.717) is 11.6 Å². The molecular formula is C15H22N4O. The Labute approximate surface area is 120 Å². The Bertz CT molecular complexity index is 471. The van der Waals surface area contributed by atoms with Crippen molar-refractivity contribution in [2.45, 2.75) is 18.9 Å². The summed E-state index contributed by atoms with van der Waals surface area (Å²) in [5, 5.41) is 3.60. The molecule has 0 radical (unpaired) electrons. The Balaban J connectivity index is 1.71. The predicted molar refractivity (Wildman–Crippen MR) is 79.0 cm³/mol. The van der Waals surface area contributed by atoms with Crippen LogP contribution in [0.5, 0.6) is 0 Å². The molecule has 0 saturated carbocycles. The molecule has 20 heavy (non-hydrogen) atoms. The van der Waals surface area contributed by atoms with Crippen molar-refractivity contribution in [3.63, 3.8) is 0 Å². The minimum Gasteiger partial charge on any atom is -0.355 e. The van der Waals surface area contributed by atoms with Gasteiger partial charge in [0, 0.05) is 39.4 Å². The highest BCUT2D eigenvalue weighted by molar-refractivity contribution is 5.93. The highest BCUT2D eigenvalue weighted by Gasteiger charge is 2.34. The van der Waals surface area contributed by atoms with Gasteiger partial charge in [0.2, 0.25) is 0 Å². The Kier molecular flexibility index (Phi) is 3.61. The van der Waals surface area contributed by atoms with Crippen LogP contribution in [0, 0.1) is 5.92 Å². The average Bonchev–Trinajstić information content (AvgIpc) is 2.90. The standard InChI is InChI=1S/C15H22N4O/c1-18(2)15(20)11-5-6-14(17-8-11)19-9-12-4-3-7-16-13(12)10-19/h5-6,8,12-13,16H,3-4,7,9-10H2,1-2H3/t12-,13+/m0/s1. The third-order valence-corrected chi connectivity index (χ3v) is 4.32. The van der Waals surface area contributed by atoms with E-state index < -0.39 is 0 Å². The van der Waals surface area contributed by atoms with Crippen LogP contribution in [-0.2, 0) is 0 Å². The lowest BCUT2D eigenvalue weighted by Crippen LogP contribution is -2.40. The first kappa shape index (κ1) is 13.4. The minimum absolute atomic E-state index is 0.000748. The molecule has 2 aliphatic rings. The number of hydrogen-bond donors (Lipinski definition) is 1. The first-order valence-electron chi connectivity index (χ1n) is 7.31. The van der Waals surface area contributed by atoms with Gasteiger partial charge in [0.1, 0.15) is 5.82 Å². The molecule has 1 amide bonds. The SMILES string of the molecule is CN(C)C(=O)c1ccc(N2C[C@@H]3CCCN[C@@H]3C2)nc1. The lowest BCUT2D eigenvalue weighted by molar-refractivity contribution is 0.0827. The van der Waals surface area contributed by atoms with Gasteiger partial charge in [0.05, 0.1) is 5.56 Å². The van der Waals surface area contributed by atoms with Crippen LogP contribution < -0.4 is 10.2 Å². The minimum atomic E-state index is 0.000748. The molecule has 1 aromatic heterocycles. The van der Waals surface area contributed by atoms with Crippen molar-refractivity contribution < 1.29 is 4.79 Å². The van der Waals surface area contributed by atoms with Crippen LogP contribution in [0.3, 0.4) is 0 Å². The summed E-state index contributed by atoms with van der Waals surface area (Å²) in [6, 6.07) is 4.45. The second-order valence-electron chi connectivity index (χ2n) is 5.97. The number of hydrogen-bond acceptors (Lipinski definition) is 4. The molecule has 0 spiro atoms. The van der Waals surface area contributed by atoms with Crippen LogP contribution in [0.2, 0.25) is 0 Å². The lowest BCUT2D eigenvalue weighted by Gasteiger charge is -2.24. The lowest BCUT2D eigenvalue weighted by atomic mass is 9.94. The van der Waals surface area contributed by atoms with E-state index in [2.05, 4.69) is 15.2 Å². The van der Waals surface area contributed by atoms with E-state index >= 15 is 0 Å². The summed E-state index contributed by atoms with van der Waals surface area (Å²) in [5.74, 6) is 1.73. The van der Waals surface area contributed by atoms with Crippen LogP contribution in [0.25, 0.3) is 0 Å². The molecule has 2 atom stereocenters. The third-order valence-electron chi connectivity index (χ3n) is 4.32. The van der Waals surface area contributed by atoms with Crippen LogP contribution >= 0.6 is 0 Å². The van der Waals surface area contributed by atoms with E-state index in [4.69, 9.17) is 0 Å². The normalized spacial score (nSPS) is 25.4. The van der Waals surface area contributed by atoms with E-state index in [1.807, 2.05) is 12.1 Å². The summed E-state index contributed by atoms with van der Waals surface area (Å²) in [4.78, 5) is 20.2. The van der Waals surface area contributed by atoms with Crippen molar-refractivity contribution in [3.05, 3.63) is 23.9 Å². The fourth-order valence-corrected chi connectivity index (χ4v) is 3.19. The quantitative estimate of drug-likeness (QED) is 0.873. The number of fused-ring (bicyclic) bond motifs is 1. The summed E-state index contributed by atoms with van der Waals surface area (Å²) in [6.45, 7) is 3.24. The van der Waals surface area contributed by atoms with Gasteiger partial charge in [-0.05, 0) is 37.4 Å². The number of carbonyl (C=O) groups is 1. The zero-order chi connectivity index (χ0) is 14.1. The van der Waals surface area contributed by atoms with E-state index in [0.717, 1.165) is 31.4 Å². The fraction of sp³-hybridized carbons (Fsp3) is 0.600. The fourth-order valence-electron chi connectivity index (χ4n) is 3.19. The number of amides is 1. The Morgan fingerprint density at radius 2 is 2.25 bits per heavy atom. The number of aromatic nitrogens is 1. The number of carbonyl (C=O) groups excluding carboxylic acids is 1. The van der Waals surface area contributed by atoms with Crippen molar-refractivity contribution in [2.24, 2.45) is 5.92 Å². The summed E-state index contributed by atoms with van der Waals surface area (Å²) in [5.41, 5.74) is 0.647. The number of nitrogens with zero attached hydrogens (tertiary/aromatic N) is 3. The second-order valence-corrected chi connectivity index (χ2v) is 5.97. The number of pyridine rings is 1. The van der Waals surface area contributed by atoms with Gasteiger partial charge in [-0.25, -0.2) is 4.98 Å². The zero-order valence-corrected chi connectivity index (χ0v) is 12.2. The molecule has 3 rings (SSSR count). The monoisotopic (exact) mass is 274 g/mol. The van der Waals surface area contributed by atoms with E-state index in [1.165, 1.54) is 12.8 Å². The zero-order valence-electron chi connectivity index (χ0n) is 12.2. The topological polar surface area (TPSA) is 48.5 Å². The second kappa shape index (κ2) is 5.40.